The lowest BCUT2D eigenvalue weighted by atomic mass is 10.1. The summed E-state index contributed by atoms with van der Waals surface area (Å²) in [6.07, 6.45) is -1.68. The summed E-state index contributed by atoms with van der Waals surface area (Å²) >= 11 is 6.51. The number of imidazole rings is 1. The van der Waals surface area contributed by atoms with Gasteiger partial charge < -0.3 is 33.9 Å². The molecule has 0 amide bonds. The van der Waals surface area contributed by atoms with Gasteiger partial charge >= 0.3 is 0 Å². The van der Waals surface area contributed by atoms with E-state index in [-0.39, 0.29) is 24.9 Å². The highest BCUT2D eigenvalue weighted by molar-refractivity contribution is 6.33. The van der Waals surface area contributed by atoms with E-state index < -0.39 is 6.10 Å². The van der Waals surface area contributed by atoms with Crippen LogP contribution in [0.15, 0.2) is 12.1 Å². The number of fused-ring (bicyclic) bond motifs is 2. The van der Waals surface area contributed by atoms with Crippen LogP contribution in [0, 0.1) is 0 Å². The Kier molecular flexibility index (Phi) is 5.68. The van der Waals surface area contributed by atoms with E-state index in [1.807, 2.05) is 25.1 Å². The highest BCUT2D eigenvalue weighted by atomic mass is 35.5. The fourth-order valence-corrected chi connectivity index (χ4v) is 4.44. The second kappa shape index (κ2) is 8.49. The van der Waals surface area contributed by atoms with E-state index in [0.29, 0.717) is 47.8 Å². The van der Waals surface area contributed by atoms with Crippen LogP contribution in [0.25, 0.3) is 11.2 Å². The third-order valence-electron chi connectivity index (χ3n) is 5.71. The molecule has 2 fully saturated rings. The van der Waals surface area contributed by atoms with Crippen molar-refractivity contribution in [2.45, 2.75) is 37.6 Å². The van der Waals surface area contributed by atoms with E-state index in [4.69, 9.17) is 30.5 Å². The van der Waals surface area contributed by atoms with Crippen LogP contribution >= 0.6 is 11.6 Å². The third-order valence-corrected chi connectivity index (χ3v) is 5.99. The number of nitrogens with one attached hydrogen (secondary N) is 1. The zero-order valence-corrected chi connectivity index (χ0v) is 18.7. The van der Waals surface area contributed by atoms with Crippen LogP contribution in [0.3, 0.4) is 0 Å². The Hall–Kier alpha value is -2.44. The van der Waals surface area contributed by atoms with Crippen molar-refractivity contribution in [1.82, 2.24) is 24.7 Å². The number of H-pyrrole nitrogens is 1. The number of hydrogen-bond donors (Lipinski definition) is 2. The number of aliphatic hydroxyl groups excluding tert-OH is 1. The maximum absolute atomic E-state index is 9.89. The van der Waals surface area contributed by atoms with Crippen molar-refractivity contribution in [3.8, 4) is 6.01 Å². The van der Waals surface area contributed by atoms with Crippen LogP contribution in [0.4, 0.5) is 5.82 Å². The van der Waals surface area contributed by atoms with Crippen LogP contribution in [-0.2, 0) is 34.4 Å². The molecular weight excluding hydrogens is 440 g/mol. The van der Waals surface area contributed by atoms with Crippen LogP contribution < -0.4 is 9.64 Å². The zero-order chi connectivity index (χ0) is 22.4. The van der Waals surface area contributed by atoms with E-state index in [0.717, 1.165) is 11.4 Å². The molecule has 0 aliphatic carbocycles. The molecule has 12 heteroatoms. The summed E-state index contributed by atoms with van der Waals surface area (Å²) in [5, 5.41) is 14.9. The van der Waals surface area contributed by atoms with Gasteiger partial charge in [-0.05, 0) is 12.1 Å². The van der Waals surface area contributed by atoms with Crippen molar-refractivity contribution in [2.24, 2.45) is 7.05 Å². The number of aromatic amines is 1. The van der Waals surface area contributed by atoms with Crippen molar-refractivity contribution in [3.63, 3.8) is 0 Å². The summed E-state index contributed by atoms with van der Waals surface area (Å²) in [5.74, 6) is 0.586. The molecule has 0 unspecified atom stereocenters. The van der Waals surface area contributed by atoms with Gasteiger partial charge in [0.2, 0.25) is 0 Å². The fraction of sp³-hybridized carbons (Fsp3) is 0.550. The molecule has 32 heavy (non-hydrogen) atoms. The molecule has 5 heterocycles. The monoisotopic (exact) mass is 464 g/mol. The Morgan fingerprint density at radius 2 is 2.09 bits per heavy atom. The zero-order valence-electron chi connectivity index (χ0n) is 18.0. The summed E-state index contributed by atoms with van der Waals surface area (Å²) in [6.45, 7) is 1.57. The minimum Gasteiger partial charge on any atom is -0.456 e. The first-order chi connectivity index (χ1) is 15.4. The molecule has 0 spiro atoms. The van der Waals surface area contributed by atoms with Gasteiger partial charge in [0, 0.05) is 21.2 Å². The average Bonchev–Trinajstić information content (AvgIpc) is 3.49. The lowest BCUT2D eigenvalue weighted by Gasteiger charge is -2.17. The van der Waals surface area contributed by atoms with E-state index in [2.05, 4.69) is 20.1 Å². The summed E-state index contributed by atoms with van der Waals surface area (Å²) < 4.78 is 24.1. The highest BCUT2D eigenvalue weighted by Crippen LogP contribution is 2.31. The summed E-state index contributed by atoms with van der Waals surface area (Å²) in [4.78, 5) is 14.1. The van der Waals surface area contributed by atoms with Gasteiger partial charge in [-0.25, -0.2) is 4.98 Å². The van der Waals surface area contributed by atoms with Gasteiger partial charge in [0.05, 0.1) is 48.3 Å². The van der Waals surface area contributed by atoms with Crippen LogP contribution in [0.1, 0.15) is 11.4 Å². The van der Waals surface area contributed by atoms with Crippen LogP contribution in [0.5, 0.6) is 6.01 Å². The Labute approximate surface area is 189 Å². The second-order valence-corrected chi connectivity index (χ2v) is 8.47. The van der Waals surface area contributed by atoms with Crippen molar-refractivity contribution >= 4 is 28.6 Å². The molecule has 0 saturated carbocycles. The SMILES string of the molecule is COCc1cc(CN(C)c2nc3nc(O[C@@H]4CO[C@H]5[C@@H]4OC[C@H]5O)[nH]c3cc2Cl)nn1C. The molecule has 2 saturated heterocycles. The predicted molar refractivity (Wildman–Crippen MR) is 115 cm³/mol. The van der Waals surface area contributed by atoms with Crippen LogP contribution in [-0.4, -0.2) is 81.6 Å². The van der Waals surface area contributed by atoms with E-state index in [9.17, 15) is 5.11 Å². The van der Waals surface area contributed by atoms with Crippen molar-refractivity contribution in [3.05, 3.63) is 28.5 Å². The van der Waals surface area contributed by atoms with Crippen molar-refractivity contribution in [1.29, 1.82) is 0 Å². The van der Waals surface area contributed by atoms with Gasteiger partial charge in [-0.1, -0.05) is 11.6 Å². The lowest BCUT2D eigenvalue weighted by Crippen LogP contribution is -2.34. The molecule has 2 aliphatic heterocycles. The molecule has 2 aliphatic rings. The Morgan fingerprint density at radius 1 is 1.28 bits per heavy atom. The Bertz CT molecular complexity index is 1120. The van der Waals surface area contributed by atoms with E-state index in [1.165, 1.54) is 0 Å². The van der Waals surface area contributed by atoms with Crippen molar-refractivity contribution < 1.29 is 24.1 Å². The topological polar surface area (TPSA) is 120 Å². The maximum Gasteiger partial charge on any atom is 0.296 e. The number of aryl methyl sites for hydroxylation is 1. The summed E-state index contributed by atoms with van der Waals surface area (Å²) in [7, 11) is 5.44. The number of aromatic nitrogens is 5. The van der Waals surface area contributed by atoms with Crippen LogP contribution in [0.2, 0.25) is 5.02 Å². The molecule has 4 atom stereocenters. The Morgan fingerprint density at radius 3 is 2.91 bits per heavy atom. The van der Waals surface area contributed by atoms with Gasteiger partial charge in [-0.3, -0.25) is 4.68 Å². The molecule has 2 N–H and O–H groups in total. The second-order valence-electron chi connectivity index (χ2n) is 8.07. The van der Waals surface area contributed by atoms with E-state index >= 15 is 0 Å². The molecule has 3 aromatic heterocycles. The number of anilines is 1. The number of ether oxygens (including phenoxy) is 4. The lowest BCUT2D eigenvalue weighted by molar-refractivity contribution is 0.00706. The molecule has 0 aromatic carbocycles. The molecule has 0 bridgehead atoms. The maximum atomic E-state index is 9.89. The normalized spacial score (nSPS) is 24.9. The molecule has 11 nitrogen and oxygen atoms in total. The minimum atomic E-state index is -0.632. The molecule has 172 valence electrons. The number of halogens is 1. The molecular formula is C20H25ClN6O5. The van der Waals surface area contributed by atoms with Gasteiger partial charge in [-0.2, -0.15) is 10.1 Å². The number of nitrogens with zero attached hydrogens (tertiary/aromatic N) is 5. The first-order valence-corrected chi connectivity index (χ1v) is 10.7. The number of pyridine rings is 1. The minimum absolute atomic E-state index is 0.241. The average molecular weight is 465 g/mol. The highest BCUT2D eigenvalue weighted by Gasteiger charge is 2.48. The van der Waals surface area contributed by atoms with Gasteiger partial charge in [0.25, 0.3) is 6.01 Å². The molecule has 0 radical (unpaired) electrons. The number of methoxy groups -OCH3 is 1. The molecule has 5 rings (SSSR count). The third kappa shape index (κ3) is 3.90. The largest absolute Gasteiger partial charge is 0.456 e. The van der Waals surface area contributed by atoms with Gasteiger partial charge in [0.1, 0.15) is 24.1 Å². The van der Waals surface area contributed by atoms with Gasteiger partial charge in [-0.15, -0.1) is 0 Å². The first kappa shape index (κ1) is 21.4. The first-order valence-electron chi connectivity index (χ1n) is 10.3. The molecule has 3 aromatic rings. The fourth-order valence-electron chi connectivity index (χ4n) is 4.15. The number of rotatable bonds is 7. The number of hydrogen-bond acceptors (Lipinski definition) is 9. The summed E-state index contributed by atoms with van der Waals surface area (Å²) in [6, 6.07) is 4.07. The predicted octanol–water partition coefficient (Wildman–Crippen LogP) is 1.03. The van der Waals surface area contributed by atoms with Crippen molar-refractivity contribution in [2.75, 3.05) is 32.3 Å². The quantitative estimate of drug-likeness (QED) is 0.528. The number of aliphatic hydroxyl groups is 1. The smallest absolute Gasteiger partial charge is 0.296 e. The standard InChI is InChI=1S/C20H25ClN6O5/c1-26(6-10-4-11(7-29-3)27(2)25-10)19-12(21)5-13-18(23-19)24-20(22-13)32-15-9-31-16-14(28)8-30-17(15)16/h4-5,14-17,28H,6-9H2,1-3H3,(H,22,23,24)/t14-,15-,16-,17-/m1/s1. The summed E-state index contributed by atoms with van der Waals surface area (Å²) in [5.41, 5.74) is 3.00. The van der Waals surface area contributed by atoms with Gasteiger partial charge in [0.15, 0.2) is 11.8 Å². The Balaban J connectivity index is 1.32. The van der Waals surface area contributed by atoms with E-state index in [1.54, 1.807) is 17.9 Å².